The smallest absolute Gasteiger partial charge is 0.267 e. The molecular weight excluding hydrogens is 952 g/mol. The maximum absolute atomic E-state index is 9.04. The minimum Gasteiger partial charge on any atom is -0.510 e. The molecule has 0 bridgehead atoms. The van der Waals surface area contributed by atoms with Gasteiger partial charge in [0, 0.05) is 56.7 Å². The summed E-state index contributed by atoms with van der Waals surface area (Å²) in [4.78, 5) is 4.84. The fourth-order valence-electron chi connectivity index (χ4n) is 8.00. The van der Waals surface area contributed by atoms with Gasteiger partial charge in [0.1, 0.15) is 5.82 Å². The summed E-state index contributed by atoms with van der Waals surface area (Å²) in [7, 11) is 0. The maximum Gasteiger partial charge on any atom is 0.267 e. The topological polar surface area (TPSA) is 35.9 Å². The first kappa shape index (κ1) is 37.5. The fourth-order valence-corrected chi connectivity index (χ4v) is 8.00. The summed E-state index contributed by atoms with van der Waals surface area (Å²) in [6, 6.07) is 39.9. The average molecular weight is 1010 g/mol. The van der Waals surface area contributed by atoms with Crippen molar-refractivity contribution in [3.63, 3.8) is 0 Å². The molecule has 0 saturated carbocycles. The van der Waals surface area contributed by atoms with E-state index in [-0.39, 0.29) is 49.5 Å². The van der Waals surface area contributed by atoms with E-state index in [1.807, 2.05) is 82.3 Å². The molecule has 0 aliphatic rings. The predicted octanol–water partition coefficient (Wildman–Crippen LogP) is 14.1. The Morgan fingerprint density at radius 3 is 2.10 bits per heavy atom. The monoisotopic (exact) mass is 1010 g/mol. The second-order valence-corrected chi connectivity index (χ2v) is 18.6. The van der Waals surface area contributed by atoms with Crippen LogP contribution in [-0.2, 0) is 31.9 Å². The number of pyridine rings is 1. The van der Waals surface area contributed by atoms with Gasteiger partial charge in [-0.05, 0) is 90.9 Å². The van der Waals surface area contributed by atoms with Crippen LogP contribution in [0.15, 0.2) is 152 Å². The zero-order valence-electron chi connectivity index (χ0n) is 42.2. The molecule has 9 aromatic rings. The van der Waals surface area contributed by atoms with E-state index in [1.54, 1.807) is 0 Å². The summed E-state index contributed by atoms with van der Waals surface area (Å²) < 4.78 is 55.9. The molecule has 320 valence electrons. The van der Waals surface area contributed by atoms with Crippen LogP contribution >= 0.6 is 0 Å². The molecule has 63 heavy (non-hydrogen) atoms. The molecule has 1 atom stereocenters. The number of rotatable bonds is 9. The molecule has 0 aliphatic heterocycles. The second kappa shape index (κ2) is 17.3. The largest absolute Gasteiger partial charge is 0.510 e. The van der Waals surface area contributed by atoms with E-state index in [2.05, 4.69) is 134 Å². The first-order valence-corrected chi connectivity index (χ1v) is 21.3. The van der Waals surface area contributed by atoms with Crippen molar-refractivity contribution in [2.24, 2.45) is 5.92 Å². The van der Waals surface area contributed by atoms with E-state index in [9.17, 15) is 0 Å². The van der Waals surface area contributed by atoms with Crippen molar-refractivity contribution in [1.29, 1.82) is 0 Å². The van der Waals surface area contributed by atoms with Gasteiger partial charge < -0.3 is 13.9 Å². The molecule has 0 saturated heterocycles. The van der Waals surface area contributed by atoms with Crippen LogP contribution in [0.3, 0.4) is 0 Å². The minimum absolute atomic E-state index is 0. The first-order chi connectivity index (χ1) is 31.8. The zero-order chi connectivity index (χ0) is 47.7. The SMILES string of the molecule is [2H]c1c([2H])c([2H])c(-c2cccc(-c3cc(C(C)(C)C)cc(C(C)(C)C)c3)c2-[n+]2[c-]n(-c3[c-]c(Oc4[c-]c5c(cc4)c4ccccc4n5-c4cc(C(C)C(C)C)ccn4)ccc3)cc2)c([2H])c1[2H].[Pt]. The Morgan fingerprint density at radius 2 is 1.38 bits per heavy atom. The van der Waals surface area contributed by atoms with Gasteiger partial charge in [-0.3, -0.25) is 4.57 Å². The number of fused-ring (bicyclic) bond motifs is 3. The molecule has 0 N–H and O–H groups in total. The quantitative estimate of drug-likeness (QED) is 0.107. The van der Waals surface area contributed by atoms with Crippen LogP contribution in [0.4, 0.5) is 0 Å². The van der Waals surface area contributed by atoms with Crippen LogP contribution in [0.25, 0.3) is 61.3 Å². The van der Waals surface area contributed by atoms with Crippen LogP contribution in [0.2, 0.25) is 0 Å². The normalized spacial score (nSPS) is 13.6. The Labute approximate surface area is 394 Å². The van der Waals surface area contributed by atoms with E-state index < -0.39 is 18.1 Å². The van der Waals surface area contributed by atoms with Crippen molar-refractivity contribution in [3.05, 3.63) is 187 Å². The number of aromatic nitrogens is 4. The van der Waals surface area contributed by atoms with Crippen LogP contribution in [0, 0.1) is 24.4 Å². The van der Waals surface area contributed by atoms with Crippen LogP contribution in [0.5, 0.6) is 11.5 Å². The van der Waals surface area contributed by atoms with Gasteiger partial charge in [0.2, 0.25) is 0 Å². The molecule has 0 amide bonds. The number of imidazole rings is 1. The minimum atomic E-state index is -0.439. The van der Waals surface area contributed by atoms with Gasteiger partial charge in [0.05, 0.1) is 12.5 Å². The van der Waals surface area contributed by atoms with E-state index in [0.29, 0.717) is 40.3 Å². The van der Waals surface area contributed by atoms with Gasteiger partial charge in [0.25, 0.3) is 6.33 Å². The Morgan fingerprint density at radius 1 is 0.698 bits per heavy atom. The number of ether oxygens (including phenoxy) is 1. The fraction of sp³-hybridized carbons (Fsp3) is 0.228. The summed E-state index contributed by atoms with van der Waals surface area (Å²) >= 11 is 0. The van der Waals surface area contributed by atoms with Gasteiger partial charge in [-0.25, -0.2) is 4.98 Å². The molecule has 5 nitrogen and oxygen atoms in total. The molecule has 3 heterocycles. The summed E-state index contributed by atoms with van der Waals surface area (Å²) in [6.45, 7) is 19.9. The van der Waals surface area contributed by atoms with Crippen molar-refractivity contribution in [2.75, 3.05) is 0 Å². The van der Waals surface area contributed by atoms with Crippen molar-refractivity contribution in [3.8, 4) is 50.9 Å². The van der Waals surface area contributed by atoms with E-state index in [4.69, 9.17) is 16.6 Å². The molecule has 6 aromatic carbocycles. The molecule has 6 heteroatoms. The molecule has 0 radical (unpaired) electrons. The van der Waals surface area contributed by atoms with Crippen LogP contribution in [-0.4, -0.2) is 14.1 Å². The number of hydrogen-bond acceptors (Lipinski definition) is 2. The maximum atomic E-state index is 9.04. The van der Waals surface area contributed by atoms with E-state index in [0.717, 1.165) is 49.9 Å². The Balaban J connectivity index is 0.00000625. The van der Waals surface area contributed by atoms with Gasteiger partial charge in [-0.1, -0.05) is 153 Å². The summed E-state index contributed by atoms with van der Waals surface area (Å²) in [6.07, 6.45) is 9.10. The molecule has 0 fully saturated rings. The van der Waals surface area contributed by atoms with Crippen molar-refractivity contribution < 1.29 is 37.2 Å². The van der Waals surface area contributed by atoms with Crippen LogP contribution in [0.1, 0.15) is 91.8 Å². The van der Waals surface area contributed by atoms with E-state index in [1.165, 1.54) is 5.56 Å². The van der Waals surface area contributed by atoms with Gasteiger partial charge >= 0.3 is 0 Å². The molecule has 1 unspecified atom stereocenters. The molecule has 9 rings (SSSR count). The third kappa shape index (κ3) is 8.69. The Kier molecular flexibility index (Phi) is 10.3. The Hall–Kier alpha value is -6.03. The summed E-state index contributed by atoms with van der Waals surface area (Å²) in [5.41, 5.74) is 8.73. The van der Waals surface area contributed by atoms with Gasteiger partial charge in [0.15, 0.2) is 0 Å². The van der Waals surface area contributed by atoms with Crippen molar-refractivity contribution in [1.82, 2.24) is 14.1 Å². The van der Waals surface area contributed by atoms with Crippen molar-refractivity contribution >= 4 is 21.8 Å². The number of para-hydroxylation sites is 2. The van der Waals surface area contributed by atoms with E-state index >= 15 is 0 Å². The first-order valence-electron chi connectivity index (χ1n) is 23.8. The molecule has 0 aliphatic carbocycles. The summed E-state index contributed by atoms with van der Waals surface area (Å²) in [5.74, 6) is 2.66. The predicted molar refractivity (Wildman–Crippen MR) is 254 cm³/mol. The molecular formula is C57H54N4OPt-2. The third-order valence-electron chi connectivity index (χ3n) is 11.9. The van der Waals surface area contributed by atoms with Gasteiger partial charge in [-0.2, -0.15) is 18.2 Å². The summed E-state index contributed by atoms with van der Waals surface area (Å²) in [5, 5.41) is 2.14. The second-order valence-electron chi connectivity index (χ2n) is 18.6. The number of nitrogens with zero attached hydrogens (tertiary/aromatic N) is 4. The standard InChI is InChI=1S/C57H54N4O.Pt/c1-38(2)39(3)41-27-28-58-54(33-41)61-52-24-14-13-21-50(52)51-26-25-47(36-53(51)61)62-46-20-15-19-45(35-46)59-29-30-60(37-59)55-48(40-17-11-10-12-18-40)22-16-23-49(55)42-31-43(56(4,5)6)34-44(32-42)57(7,8)9;/h10-34,38-39H,1-9H3;/q-2;/i10D,11D,12D,17D,18D;. The molecule has 0 spiro atoms. The zero-order valence-corrected chi connectivity index (χ0v) is 39.5. The molecule has 3 aromatic heterocycles. The average Bonchev–Trinajstić information content (AvgIpc) is 3.93. The number of benzene rings is 6. The third-order valence-corrected chi connectivity index (χ3v) is 11.9. The Bertz CT molecular complexity index is 3320. The van der Waals surface area contributed by atoms with Gasteiger partial charge in [-0.15, -0.1) is 29.7 Å². The number of hydrogen-bond donors (Lipinski definition) is 0. The van der Waals surface area contributed by atoms with Crippen molar-refractivity contribution in [2.45, 2.75) is 79.1 Å². The van der Waals surface area contributed by atoms with Crippen LogP contribution < -0.4 is 9.30 Å².